The molecule has 6 heteroatoms. The molecule has 0 bridgehead atoms. The highest BCUT2D eigenvalue weighted by atomic mass is 79.9. The lowest BCUT2D eigenvalue weighted by molar-refractivity contribution is 0.0714. The summed E-state index contributed by atoms with van der Waals surface area (Å²) in [5.74, 6) is -0.636. The molecule has 0 aliphatic carbocycles. The van der Waals surface area contributed by atoms with Crippen LogP contribution in [0, 0.1) is 12.7 Å². The van der Waals surface area contributed by atoms with Crippen LogP contribution < -0.4 is 5.43 Å². The van der Waals surface area contributed by atoms with E-state index in [2.05, 4.69) is 15.9 Å². The van der Waals surface area contributed by atoms with Crippen molar-refractivity contribution in [2.45, 2.75) is 19.5 Å². The second-order valence-electron chi connectivity index (χ2n) is 7.69. The van der Waals surface area contributed by atoms with Crippen molar-refractivity contribution >= 4 is 32.8 Å². The molecule has 1 atom stereocenters. The summed E-state index contributed by atoms with van der Waals surface area (Å²) in [4.78, 5) is 28.5. The van der Waals surface area contributed by atoms with Gasteiger partial charge >= 0.3 is 0 Å². The molecule has 0 saturated heterocycles. The zero-order valence-electron chi connectivity index (χ0n) is 16.6. The van der Waals surface area contributed by atoms with Gasteiger partial charge in [0.2, 0.25) is 5.76 Å². The highest BCUT2D eigenvalue weighted by Crippen LogP contribution is 2.39. The molecule has 2 heterocycles. The molecular formula is C25H17BrFNO3. The zero-order valence-corrected chi connectivity index (χ0v) is 18.1. The van der Waals surface area contributed by atoms with Crippen LogP contribution in [0.1, 0.15) is 38.9 Å². The van der Waals surface area contributed by atoms with E-state index in [1.807, 2.05) is 31.2 Å². The van der Waals surface area contributed by atoms with Gasteiger partial charge < -0.3 is 9.32 Å². The molecule has 1 amide bonds. The number of amides is 1. The molecule has 1 aliphatic rings. The van der Waals surface area contributed by atoms with E-state index in [-0.39, 0.29) is 29.5 Å². The van der Waals surface area contributed by atoms with Gasteiger partial charge in [-0.3, -0.25) is 9.59 Å². The first-order chi connectivity index (χ1) is 14.9. The molecule has 1 aromatic heterocycles. The third-order valence-electron chi connectivity index (χ3n) is 5.59. The van der Waals surface area contributed by atoms with E-state index in [4.69, 9.17) is 4.42 Å². The highest BCUT2D eigenvalue weighted by molar-refractivity contribution is 9.10. The van der Waals surface area contributed by atoms with Crippen molar-refractivity contribution in [3.63, 3.8) is 0 Å². The predicted octanol–water partition coefficient (Wildman–Crippen LogP) is 5.75. The number of halogens is 2. The van der Waals surface area contributed by atoms with Crippen molar-refractivity contribution in [2.24, 2.45) is 0 Å². The number of hydrogen-bond donors (Lipinski definition) is 0. The third-order valence-corrected chi connectivity index (χ3v) is 6.08. The average molecular weight is 478 g/mol. The van der Waals surface area contributed by atoms with Crippen molar-refractivity contribution < 1.29 is 13.6 Å². The lowest BCUT2D eigenvalue weighted by Crippen LogP contribution is -2.29. The van der Waals surface area contributed by atoms with Crippen LogP contribution in [0.5, 0.6) is 0 Å². The summed E-state index contributed by atoms with van der Waals surface area (Å²) in [5.41, 5.74) is 3.14. The Morgan fingerprint density at radius 2 is 1.71 bits per heavy atom. The monoisotopic (exact) mass is 477 g/mol. The van der Waals surface area contributed by atoms with Crippen LogP contribution in [-0.4, -0.2) is 10.8 Å². The smallest absolute Gasteiger partial charge is 0.291 e. The molecule has 0 radical (unpaired) electrons. The van der Waals surface area contributed by atoms with Gasteiger partial charge in [0, 0.05) is 11.0 Å². The van der Waals surface area contributed by atoms with E-state index in [1.54, 1.807) is 35.2 Å². The summed E-state index contributed by atoms with van der Waals surface area (Å²) >= 11 is 3.40. The van der Waals surface area contributed by atoms with Crippen LogP contribution >= 0.6 is 15.9 Å². The van der Waals surface area contributed by atoms with Crippen LogP contribution in [0.3, 0.4) is 0 Å². The summed E-state index contributed by atoms with van der Waals surface area (Å²) in [5, 5.41) is 0.418. The maximum absolute atomic E-state index is 13.5. The topological polar surface area (TPSA) is 50.5 Å². The minimum Gasteiger partial charge on any atom is -0.450 e. The van der Waals surface area contributed by atoms with Gasteiger partial charge in [-0.15, -0.1) is 0 Å². The van der Waals surface area contributed by atoms with Gasteiger partial charge in [0.05, 0.1) is 17.0 Å². The quantitative estimate of drug-likeness (QED) is 0.377. The van der Waals surface area contributed by atoms with E-state index in [0.717, 1.165) is 21.2 Å². The Balaban J connectivity index is 1.72. The highest BCUT2D eigenvalue weighted by Gasteiger charge is 2.42. The van der Waals surface area contributed by atoms with Gasteiger partial charge in [-0.05, 0) is 48.4 Å². The molecule has 0 fully saturated rings. The molecule has 4 aromatic rings. The lowest BCUT2D eigenvalue weighted by atomic mass is 9.97. The SMILES string of the molecule is Cc1ccc(C2c3c(oc4ccc(Br)cc4c3=O)C(=O)N2Cc2ccc(F)cc2)cc1. The largest absolute Gasteiger partial charge is 0.450 e. The minimum absolute atomic E-state index is 0.0625. The zero-order chi connectivity index (χ0) is 21.7. The normalized spacial score (nSPS) is 15.5. The molecule has 3 aromatic carbocycles. The Morgan fingerprint density at radius 3 is 2.42 bits per heavy atom. The summed E-state index contributed by atoms with van der Waals surface area (Å²) in [6.45, 7) is 2.20. The lowest BCUT2D eigenvalue weighted by Gasteiger charge is -2.25. The summed E-state index contributed by atoms with van der Waals surface area (Å²) < 4.78 is 20.1. The van der Waals surface area contributed by atoms with E-state index in [1.165, 1.54) is 12.1 Å². The fraction of sp³-hybridized carbons (Fsp3) is 0.120. The molecule has 0 spiro atoms. The van der Waals surface area contributed by atoms with Crippen molar-refractivity contribution in [3.8, 4) is 0 Å². The Kier molecular flexibility index (Phi) is 4.74. The first-order valence-electron chi connectivity index (χ1n) is 9.80. The van der Waals surface area contributed by atoms with E-state index >= 15 is 0 Å². The van der Waals surface area contributed by atoms with Gasteiger partial charge in [0.1, 0.15) is 11.4 Å². The van der Waals surface area contributed by atoms with Gasteiger partial charge in [-0.1, -0.05) is 57.9 Å². The second kappa shape index (κ2) is 7.46. The number of nitrogens with zero attached hydrogens (tertiary/aromatic N) is 1. The van der Waals surface area contributed by atoms with E-state index < -0.39 is 6.04 Å². The van der Waals surface area contributed by atoms with Gasteiger partial charge in [-0.2, -0.15) is 0 Å². The van der Waals surface area contributed by atoms with Crippen molar-refractivity contribution in [3.05, 3.63) is 115 Å². The standard InChI is InChI=1S/C25H17BrFNO3/c1-14-2-6-16(7-3-14)22-21-23(29)19-12-17(26)8-11-20(19)31-24(21)25(30)28(22)13-15-4-9-18(27)10-5-15/h2-12,22H,13H2,1H3. The summed E-state index contributed by atoms with van der Waals surface area (Å²) in [7, 11) is 0. The Hall–Kier alpha value is -3.25. The van der Waals surface area contributed by atoms with Crippen molar-refractivity contribution in [2.75, 3.05) is 0 Å². The fourth-order valence-corrected chi connectivity index (χ4v) is 4.40. The number of fused-ring (bicyclic) bond motifs is 2. The maximum atomic E-state index is 13.5. The minimum atomic E-state index is -0.590. The second-order valence-corrected chi connectivity index (χ2v) is 8.60. The Labute approximate surface area is 186 Å². The Morgan fingerprint density at radius 1 is 1.00 bits per heavy atom. The molecule has 31 heavy (non-hydrogen) atoms. The van der Waals surface area contributed by atoms with Gasteiger partial charge in [0.25, 0.3) is 5.91 Å². The number of rotatable bonds is 3. The van der Waals surface area contributed by atoms with Crippen LogP contribution in [0.4, 0.5) is 4.39 Å². The molecule has 1 aliphatic heterocycles. The molecule has 4 nitrogen and oxygen atoms in total. The fourth-order valence-electron chi connectivity index (χ4n) is 4.04. The van der Waals surface area contributed by atoms with Gasteiger partial charge in [0.15, 0.2) is 5.43 Å². The first-order valence-corrected chi connectivity index (χ1v) is 10.6. The Bertz CT molecular complexity index is 1380. The molecule has 0 saturated carbocycles. The molecule has 154 valence electrons. The molecule has 5 rings (SSSR count). The number of carbonyl (C=O) groups is 1. The average Bonchev–Trinajstić information content (AvgIpc) is 3.03. The molecular weight excluding hydrogens is 461 g/mol. The summed E-state index contributed by atoms with van der Waals surface area (Å²) in [6, 6.07) is 18.3. The van der Waals surface area contributed by atoms with Crippen LogP contribution in [0.2, 0.25) is 0 Å². The van der Waals surface area contributed by atoms with E-state index in [9.17, 15) is 14.0 Å². The van der Waals surface area contributed by atoms with Crippen molar-refractivity contribution in [1.29, 1.82) is 0 Å². The predicted molar refractivity (Wildman–Crippen MR) is 119 cm³/mol. The van der Waals surface area contributed by atoms with Crippen LogP contribution in [0.25, 0.3) is 11.0 Å². The molecule has 0 N–H and O–H groups in total. The number of aryl methyl sites for hydroxylation is 1. The molecule has 1 unspecified atom stereocenters. The first kappa shape index (κ1) is 19.7. The number of hydrogen-bond acceptors (Lipinski definition) is 3. The maximum Gasteiger partial charge on any atom is 0.291 e. The third kappa shape index (κ3) is 3.37. The van der Waals surface area contributed by atoms with Gasteiger partial charge in [-0.25, -0.2) is 4.39 Å². The summed E-state index contributed by atoms with van der Waals surface area (Å²) in [6.07, 6.45) is 0. The van der Waals surface area contributed by atoms with Crippen LogP contribution in [0.15, 0.2) is 80.4 Å². The van der Waals surface area contributed by atoms with Crippen molar-refractivity contribution in [1.82, 2.24) is 4.90 Å². The number of carbonyl (C=O) groups excluding carboxylic acids is 1. The van der Waals surface area contributed by atoms with E-state index in [0.29, 0.717) is 16.5 Å². The van der Waals surface area contributed by atoms with Crippen LogP contribution in [-0.2, 0) is 6.54 Å². The number of benzene rings is 3.